The molecule has 56 valence electrons. The zero-order chi connectivity index (χ0) is 6.69. The monoisotopic (exact) mass is 240 g/mol. The summed E-state index contributed by atoms with van der Waals surface area (Å²) in [5, 5.41) is 0. The Morgan fingerprint density at radius 2 is 2.44 bits per heavy atom. The summed E-state index contributed by atoms with van der Waals surface area (Å²) in [5.41, 5.74) is 0. The number of hydrogen-bond donors (Lipinski definition) is 0. The molecule has 1 rings (SSSR count). The molecule has 1 nitrogen and oxygen atoms in total. The molecular weight excluding hydrogens is 225 g/mol. The van der Waals surface area contributed by atoms with Gasteiger partial charge in [0.05, 0.1) is 0 Å². The van der Waals surface area contributed by atoms with Gasteiger partial charge in [0.1, 0.15) is 0 Å². The third-order valence-corrected chi connectivity index (χ3v) is 5.24. The van der Waals surface area contributed by atoms with Gasteiger partial charge in [-0.3, -0.25) is 0 Å². The normalized spacial score (nSPS) is 29.8. The van der Waals surface area contributed by atoms with E-state index >= 15 is 0 Å². The molecule has 0 radical (unpaired) electrons. The summed E-state index contributed by atoms with van der Waals surface area (Å²) in [6, 6.07) is 0. The fraction of sp³-hybridized carbons (Fsp3) is 1.00. The van der Waals surface area contributed by atoms with Crippen molar-refractivity contribution in [2.45, 2.75) is 23.8 Å². The first kappa shape index (κ1) is 7.79. The van der Waals surface area contributed by atoms with Crippen molar-refractivity contribution in [1.82, 2.24) is 4.90 Å². The minimum atomic E-state index is 0.510. The molecule has 0 aromatic rings. The molecule has 9 heavy (non-hydrogen) atoms. The molecule has 0 aliphatic carbocycles. The second-order valence-electron chi connectivity index (χ2n) is 2.48. The van der Waals surface area contributed by atoms with Crippen molar-refractivity contribution in [2.75, 3.05) is 18.0 Å². The average molecular weight is 240 g/mol. The molecule has 0 aromatic heterocycles. The second kappa shape index (κ2) is 3.76. The van der Waals surface area contributed by atoms with Crippen LogP contribution >= 0.6 is 0 Å². The fourth-order valence-electron chi connectivity index (χ4n) is 1.24. The van der Waals surface area contributed by atoms with Crippen LogP contribution in [0.3, 0.4) is 0 Å². The van der Waals surface area contributed by atoms with Gasteiger partial charge in [-0.05, 0) is 0 Å². The molecule has 0 saturated carbocycles. The summed E-state index contributed by atoms with van der Waals surface area (Å²) in [7, 11) is 2.27. The number of likely N-dealkylation sites (tertiary alicyclic amines) is 1. The number of nitrogens with zero attached hydrogens (tertiary/aromatic N) is 1. The van der Waals surface area contributed by atoms with Gasteiger partial charge in [0, 0.05) is 0 Å². The van der Waals surface area contributed by atoms with Crippen molar-refractivity contribution < 1.29 is 21.2 Å². The van der Waals surface area contributed by atoms with Gasteiger partial charge in [-0.1, -0.05) is 0 Å². The van der Waals surface area contributed by atoms with E-state index in [9.17, 15) is 0 Å². The van der Waals surface area contributed by atoms with E-state index in [1.165, 1.54) is 23.8 Å². The van der Waals surface area contributed by atoms with Crippen LogP contribution in [-0.4, -0.2) is 27.0 Å². The van der Waals surface area contributed by atoms with E-state index < -0.39 is 0 Å². The Kier molecular flexibility index (Phi) is 3.26. The van der Waals surface area contributed by atoms with E-state index in [1.807, 2.05) is 0 Å². The zero-order valence-corrected chi connectivity index (χ0v) is 8.39. The van der Waals surface area contributed by atoms with Crippen LogP contribution in [0.2, 0.25) is 0 Å². The standard InChI is InChI=1S/C7H15IN/c1-3-8-7-5-4-6-9(7)2/h7H,3-6H2,1-2H3/q-1. The SMILES string of the molecule is CC[I-]C1CCCN1C. The van der Waals surface area contributed by atoms with Gasteiger partial charge < -0.3 is 0 Å². The van der Waals surface area contributed by atoms with Crippen molar-refractivity contribution in [1.29, 1.82) is 0 Å². The average Bonchev–Trinajstić information content (AvgIpc) is 2.18. The maximum absolute atomic E-state index is 2.54. The number of halogens is 1. The number of hydrogen-bond acceptors (Lipinski definition) is 1. The molecule has 1 aliphatic rings. The van der Waals surface area contributed by atoms with Gasteiger partial charge in [-0.2, -0.15) is 0 Å². The van der Waals surface area contributed by atoms with Crippen molar-refractivity contribution >= 4 is 0 Å². The second-order valence-corrected chi connectivity index (χ2v) is 6.32. The molecular formula is C7H15IN-. The summed E-state index contributed by atoms with van der Waals surface area (Å²) in [6.45, 7) is 3.67. The Balaban J connectivity index is 2.22. The van der Waals surface area contributed by atoms with E-state index in [-0.39, 0.29) is 0 Å². The Morgan fingerprint density at radius 3 is 2.89 bits per heavy atom. The molecule has 0 bridgehead atoms. The number of alkyl halides is 2. The predicted molar refractivity (Wildman–Crippen MR) is 36.2 cm³/mol. The molecule has 1 fully saturated rings. The maximum atomic E-state index is 2.54. The summed E-state index contributed by atoms with van der Waals surface area (Å²) >= 11 is 0.510. The number of rotatable bonds is 2. The summed E-state index contributed by atoms with van der Waals surface area (Å²) in [5.74, 6) is 0. The van der Waals surface area contributed by atoms with Crippen molar-refractivity contribution in [3.05, 3.63) is 0 Å². The van der Waals surface area contributed by atoms with Crippen LogP contribution in [0.25, 0.3) is 0 Å². The first-order valence-corrected chi connectivity index (χ1v) is 6.39. The van der Waals surface area contributed by atoms with Gasteiger partial charge in [0.15, 0.2) is 0 Å². The first-order chi connectivity index (χ1) is 4.34. The van der Waals surface area contributed by atoms with Gasteiger partial charge in [0.2, 0.25) is 0 Å². The van der Waals surface area contributed by atoms with E-state index in [1.54, 1.807) is 0 Å². The molecule has 1 aliphatic heterocycles. The van der Waals surface area contributed by atoms with Crippen LogP contribution in [-0.2, 0) is 0 Å². The van der Waals surface area contributed by atoms with Gasteiger partial charge in [-0.25, -0.2) is 0 Å². The molecule has 1 saturated heterocycles. The third kappa shape index (κ3) is 2.08. The van der Waals surface area contributed by atoms with E-state index in [4.69, 9.17) is 0 Å². The van der Waals surface area contributed by atoms with Crippen LogP contribution in [0.5, 0.6) is 0 Å². The molecule has 1 atom stereocenters. The van der Waals surface area contributed by atoms with Crippen LogP contribution in [0.1, 0.15) is 19.8 Å². The summed E-state index contributed by atoms with van der Waals surface area (Å²) in [6.07, 6.45) is 2.93. The van der Waals surface area contributed by atoms with Gasteiger partial charge >= 0.3 is 67.9 Å². The van der Waals surface area contributed by atoms with Gasteiger partial charge in [0.25, 0.3) is 0 Å². The van der Waals surface area contributed by atoms with E-state index in [2.05, 4.69) is 18.9 Å². The van der Waals surface area contributed by atoms with Crippen LogP contribution in [0.4, 0.5) is 0 Å². The predicted octanol–water partition coefficient (Wildman–Crippen LogP) is -1.85. The van der Waals surface area contributed by atoms with E-state index in [0.29, 0.717) is 21.2 Å². The zero-order valence-electron chi connectivity index (χ0n) is 6.23. The van der Waals surface area contributed by atoms with Crippen molar-refractivity contribution in [3.8, 4) is 0 Å². The van der Waals surface area contributed by atoms with E-state index in [0.717, 1.165) is 4.05 Å². The quantitative estimate of drug-likeness (QED) is 0.311. The van der Waals surface area contributed by atoms with Gasteiger partial charge in [-0.15, -0.1) is 0 Å². The summed E-state index contributed by atoms with van der Waals surface area (Å²) in [4.78, 5) is 2.54. The molecule has 0 N–H and O–H groups in total. The minimum absolute atomic E-state index is 0.510. The Morgan fingerprint density at radius 1 is 1.67 bits per heavy atom. The molecule has 1 heterocycles. The van der Waals surface area contributed by atoms with Crippen molar-refractivity contribution in [3.63, 3.8) is 0 Å². The Bertz CT molecular complexity index is 85.0. The molecule has 2 heteroatoms. The van der Waals surface area contributed by atoms with Crippen LogP contribution in [0, 0.1) is 0 Å². The molecule has 0 spiro atoms. The van der Waals surface area contributed by atoms with Crippen molar-refractivity contribution in [2.24, 2.45) is 0 Å². The third-order valence-electron chi connectivity index (χ3n) is 1.76. The first-order valence-electron chi connectivity index (χ1n) is 3.62. The topological polar surface area (TPSA) is 3.24 Å². The Labute approximate surface area is 68.1 Å². The molecule has 0 aromatic carbocycles. The molecule has 1 unspecified atom stereocenters. The Hall–Kier alpha value is 0.690. The molecule has 0 amide bonds. The van der Waals surface area contributed by atoms with Crippen LogP contribution < -0.4 is 21.2 Å². The fourth-order valence-corrected chi connectivity index (χ4v) is 4.09. The van der Waals surface area contributed by atoms with Crippen LogP contribution in [0.15, 0.2) is 0 Å². The summed E-state index contributed by atoms with van der Waals surface area (Å²) < 4.78 is 2.47.